The van der Waals surface area contributed by atoms with Crippen molar-refractivity contribution in [3.05, 3.63) is 23.8 Å². The van der Waals surface area contributed by atoms with Crippen molar-refractivity contribution in [2.45, 2.75) is 57.7 Å². The lowest BCUT2D eigenvalue weighted by molar-refractivity contribution is 0.0740. The molecule has 1 fully saturated rings. The topological polar surface area (TPSA) is 41.9 Å². The van der Waals surface area contributed by atoms with Crippen LogP contribution < -0.4 is 9.47 Å². The zero-order valence-electron chi connectivity index (χ0n) is 14.2. The molecule has 0 saturated carbocycles. The fourth-order valence-electron chi connectivity index (χ4n) is 3.44. The van der Waals surface area contributed by atoms with Crippen LogP contribution >= 0.6 is 0 Å². The Kier molecular flexibility index (Phi) is 6.09. The van der Waals surface area contributed by atoms with Crippen LogP contribution in [0.15, 0.2) is 18.2 Å². The predicted octanol–water partition coefficient (Wildman–Crippen LogP) is 3.39. The molecule has 3 atom stereocenters. The number of hydrogen-bond donors (Lipinski definition) is 1. The summed E-state index contributed by atoms with van der Waals surface area (Å²) < 4.78 is 10.6. The second-order valence-corrected chi connectivity index (χ2v) is 6.28. The Labute approximate surface area is 134 Å². The molecule has 1 heterocycles. The van der Waals surface area contributed by atoms with Crippen molar-refractivity contribution in [3.8, 4) is 11.5 Å². The molecule has 124 valence electrons. The molecule has 0 bridgehead atoms. The summed E-state index contributed by atoms with van der Waals surface area (Å²) in [4.78, 5) is 2.51. The van der Waals surface area contributed by atoms with Gasteiger partial charge in [-0.2, -0.15) is 0 Å². The van der Waals surface area contributed by atoms with Crippen LogP contribution in [0.25, 0.3) is 0 Å². The van der Waals surface area contributed by atoms with Crippen molar-refractivity contribution in [2.24, 2.45) is 0 Å². The van der Waals surface area contributed by atoms with E-state index in [4.69, 9.17) is 9.47 Å². The van der Waals surface area contributed by atoms with E-state index in [0.29, 0.717) is 24.3 Å². The fourth-order valence-corrected chi connectivity index (χ4v) is 3.44. The summed E-state index contributed by atoms with van der Waals surface area (Å²) in [5.41, 5.74) is 0.805. The third-order valence-electron chi connectivity index (χ3n) is 4.83. The highest BCUT2D eigenvalue weighted by Crippen LogP contribution is 2.32. The molecule has 4 heteroatoms. The first-order valence-corrected chi connectivity index (χ1v) is 8.22. The third kappa shape index (κ3) is 3.93. The van der Waals surface area contributed by atoms with Crippen molar-refractivity contribution in [1.29, 1.82) is 0 Å². The quantitative estimate of drug-likeness (QED) is 0.875. The summed E-state index contributed by atoms with van der Waals surface area (Å²) in [5, 5.41) is 10.6. The number of aliphatic hydroxyl groups is 1. The molecule has 1 saturated heterocycles. The van der Waals surface area contributed by atoms with Crippen LogP contribution in [-0.4, -0.2) is 42.9 Å². The van der Waals surface area contributed by atoms with E-state index in [0.717, 1.165) is 17.9 Å². The first-order chi connectivity index (χ1) is 10.6. The van der Waals surface area contributed by atoms with E-state index in [1.165, 1.54) is 19.3 Å². The van der Waals surface area contributed by atoms with Crippen molar-refractivity contribution >= 4 is 0 Å². The highest BCUT2D eigenvalue weighted by Gasteiger charge is 2.25. The molecule has 2 rings (SSSR count). The lowest BCUT2D eigenvalue weighted by Crippen LogP contribution is -2.44. The van der Waals surface area contributed by atoms with E-state index in [2.05, 4.69) is 18.7 Å². The number of nitrogens with zero attached hydrogens (tertiary/aromatic N) is 1. The minimum Gasteiger partial charge on any atom is -0.497 e. The highest BCUT2D eigenvalue weighted by molar-refractivity contribution is 5.41. The molecule has 4 nitrogen and oxygen atoms in total. The smallest absolute Gasteiger partial charge is 0.124 e. The second kappa shape index (κ2) is 7.84. The number of aliphatic hydroxyl groups excluding tert-OH is 1. The van der Waals surface area contributed by atoms with Crippen LogP contribution in [0.3, 0.4) is 0 Å². The molecular formula is C18H29NO3. The Morgan fingerprint density at radius 2 is 1.86 bits per heavy atom. The largest absolute Gasteiger partial charge is 0.497 e. The lowest BCUT2D eigenvalue weighted by atomic mass is 9.96. The minimum absolute atomic E-state index is 0.536. The fraction of sp³-hybridized carbons (Fsp3) is 0.667. The van der Waals surface area contributed by atoms with Crippen molar-refractivity contribution in [1.82, 2.24) is 4.90 Å². The average Bonchev–Trinajstić information content (AvgIpc) is 2.53. The van der Waals surface area contributed by atoms with Gasteiger partial charge in [0.1, 0.15) is 11.5 Å². The Bertz CT molecular complexity index is 467. The van der Waals surface area contributed by atoms with Gasteiger partial charge in [0.2, 0.25) is 0 Å². The zero-order chi connectivity index (χ0) is 16.1. The van der Waals surface area contributed by atoms with Gasteiger partial charge in [-0.25, -0.2) is 0 Å². The van der Waals surface area contributed by atoms with Crippen LogP contribution in [0.1, 0.15) is 51.2 Å². The first kappa shape index (κ1) is 17.1. The van der Waals surface area contributed by atoms with Gasteiger partial charge >= 0.3 is 0 Å². The van der Waals surface area contributed by atoms with Gasteiger partial charge in [-0.1, -0.05) is 6.42 Å². The molecule has 1 aliphatic heterocycles. The van der Waals surface area contributed by atoms with Gasteiger partial charge in [0, 0.05) is 24.2 Å². The number of ether oxygens (including phenoxy) is 2. The Balaban J connectivity index is 2.03. The van der Waals surface area contributed by atoms with E-state index < -0.39 is 6.10 Å². The zero-order valence-corrected chi connectivity index (χ0v) is 14.2. The molecule has 0 radical (unpaired) electrons. The van der Waals surface area contributed by atoms with E-state index >= 15 is 0 Å². The van der Waals surface area contributed by atoms with Crippen LogP contribution in [0, 0.1) is 0 Å². The summed E-state index contributed by atoms with van der Waals surface area (Å²) in [5.74, 6) is 1.46. The second-order valence-electron chi connectivity index (χ2n) is 6.28. The van der Waals surface area contributed by atoms with E-state index in [1.807, 2.05) is 18.2 Å². The molecule has 0 amide bonds. The van der Waals surface area contributed by atoms with E-state index in [-0.39, 0.29) is 0 Å². The summed E-state index contributed by atoms with van der Waals surface area (Å²) in [6.45, 7) is 5.48. The summed E-state index contributed by atoms with van der Waals surface area (Å²) in [6, 6.07) is 6.77. The highest BCUT2D eigenvalue weighted by atomic mass is 16.5. The predicted molar refractivity (Wildman–Crippen MR) is 88.6 cm³/mol. The van der Waals surface area contributed by atoms with Crippen LogP contribution in [0.4, 0.5) is 0 Å². The lowest BCUT2D eigenvalue weighted by Gasteiger charge is -2.39. The summed E-state index contributed by atoms with van der Waals surface area (Å²) in [7, 11) is 3.27. The van der Waals surface area contributed by atoms with Crippen LogP contribution in [0.2, 0.25) is 0 Å². The molecule has 22 heavy (non-hydrogen) atoms. The van der Waals surface area contributed by atoms with E-state index in [9.17, 15) is 5.11 Å². The van der Waals surface area contributed by atoms with Gasteiger partial charge in [0.15, 0.2) is 0 Å². The normalized spacial score (nSPS) is 24.0. The Hall–Kier alpha value is -1.26. The maximum Gasteiger partial charge on any atom is 0.124 e. The molecule has 1 aromatic carbocycles. The van der Waals surface area contributed by atoms with E-state index in [1.54, 1.807) is 14.2 Å². The summed E-state index contributed by atoms with van der Waals surface area (Å²) in [6.07, 6.45) is 3.99. The van der Waals surface area contributed by atoms with Gasteiger partial charge in [0.25, 0.3) is 0 Å². The molecule has 1 aliphatic rings. The van der Waals surface area contributed by atoms with Crippen molar-refractivity contribution in [2.75, 3.05) is 20.8 Å². The number of benzene rings is 1. The molecule has 1 aromatic rings. The Morgan fingerprint density at radius 1 is 1.18 bits per heavy atom. The van der Waals surface area contributed by atoms with Gasteiger partial charge in [0.05, 0.1) is 20.3 Å². The number of piperidine rings is 1. The standard InChI is InChI=1S/C18H29NO3/c1-13-6-5-7-14(2)19(13)11-10-17(20)16-12-15(21-3)8-9-18(16)22-4/h8-9,12-14,17,20H,5-7,10-11H2,1-4H3. The number of rotatable bonds is 6. The van der Waals surface area contributed by atoms with Crippen molar-refractivity contribution in [3.63, 3.8) is 0 Å². The number of methoxy groups -OCH3 is 2. The molecule has 0 aliphatic carbocycles. The third-order valence-corrected chi connectivity index (χ3v) is 4.83. The van der Waals surface area contributed by atoms with Crippen LogP contribution in [0.5, 0.6) is 11.5 Å². The maximum absolute atomic E-state index is 10.6. The Morgan fingerprint density at radius 3 is 2.45 bits per heavy atom. The monoisotopic (exact) mass is 307 g/mol. The molecule has 0 aromatic heterocycles. The number of likely N-dealkylation sites (tertiary alicyclic amines) is 1. The SMILES string of the molecule is COc1ccc(OC)c(C(O)CCN2C(C)CCCC2C)c1. The van der Waals surface area contributed by atoms with Gasteiger partial charge in [-0.15, -0.1) is 0 Å². The molecule has 1 N–H and O–H groups in total. The summed E-state index contributed by atoms with van der Waals surface area (Å²) >= 11 is 0. The average molecular weight is 307 g/mol. The minimum atomic E-state index is -0.536. The van der Waals surface area contributed by atoms with Gasteiger partial charge < -0.3 is 14.6 Å². The first-order valence-electron chi connectivity index (χ1n) is 8.22. The number of hydrogen-bond acceptors (Lipinski definition) is 4. The molecule has 0 spiro atoms. The molecule has 3 unspecified atom stereocenters. The molecular weight excluding hydrogens is 278 g/mol. The van der Waals surface area contributed by atoms with Crippen molar-refractivity contribution < 1.29 is 14.6 Å². The van der Waals surface area contributed by atoms with Crippen LogP contribution in [-0.2, 0) is 0 Å². The van der Waals surface area contributed by atoms with Gasteiger partial charge in [-0.3, -0.25) is 4.90 Å². The maximum atomic E-state index is 10.6. The van der Waals surface area contributed by atoms with Gasteiger partial charge in [-0.05, 0) is 51.3 Å².